The van der Waals surface area contributed by atoms with Gasteiger partial charge in [-0.2, -0.15) is 5.10 Å². The van der Waals surface area contributed by atoms with E-state index >= 15 is 0 Å². The van der Waals surface area contributed by atoms with Gasteiger partial charge >= 0.3 is 12.0 Å². The molecule has 12 nitrogen and oxygen atoms in total. The smallest absolute Gasteiger partial charge is 0.337 e. The molecule has 1 heterocycles. The second kappa shape index (κ2) is 16.4. The van der Waals surface area contributed by atoms with Crippen LogP contribution >= 0.6 is 34.2 Å². The average molecular weight is 765 g/mol. The third-order valence-electron chi connectivity index (χ3n) is 6.64. The van der Waals surface area contributed by atoms with Crippen molar-refractivity contribution in [3.8, 4) is 23.0 Å². The Morgan fingerprint density at radius 3 is 2.63 bits per heavy atom. The van der Waals surface area contributed by atoms with E-state index in [1.54, 1.807) is 38.3 Å². The van der Waals surface area contributed by atoms with E-state index < -0.39 is 24.3 Å². The Bertz CT molecular complexity index is 1630. The maximum Gasteiger partial charge on any atom is 0.337 e. The Labute approximate surface area is 285 Å². The lowest BCUT2D eigenvalue weighted by molar-refractivity contribution is -0.136. The summed E-state index contributed by atoms with van der Waals surface area (Å²) in [6, 6.07) is 14.8. The molecule has 0 fully saturated rings. The highest BCUT2D eigenvalue weighted by Crippen LogP contribution is 2.35. The number of amides is 2. The minimum Gasteiger partial charge on any atom is -0.493 e. The summed E-state index contributed by atoms with van der Waals surface area (Å²) >= 11 is 8.28. The molecule has 3 aromatic rings. The van der Waals surface area contributed by atoms with Crippen LogP contribution in [0.5, 0.6) is 23.0 Å². The Hall–Kier alpha value is -4.21. The number of rotatable bonds is 14. The summed E-state index contributed by atoms with van der Waals surface area (Å²) in [5.74, 6) is 1.13. The first-order chi connectivity index (χ1) is 22.1. The van der Waals surface area contributed by atoms with Gasteiger partial charge in [0, 0.05) is 19.9 Å². The molecule has 0 saturated carbocycles. The zero-order valence-electron chi connectivity index (χ0n) is 25.6. The Balaban J connectivity index is 1.44. The molecular formula is C32H34ClIN4O8. The van der Waals surface area contributed by atoms with Gasteiger partial charge in [0.1, 0.15) is 13.2 Å². The number of carbonyl (C=O) groups excluding carboxylic acids is 2. The van der Waals surface area contributed by atoms with E-state index in [1.165, 1.54) is 13.3 Å². The van der Waals surface area contributed by atoms with Gasteiger partial charge in [-0.1, -0.05) is 29.8 Å². The van der Waals surface area contributed by atoms with Crippen LogP contribution in [0.15, 0.2) is 71.0 Å². The second-order valence-corrected chi connectivity index (χ2v) is 11.5. The summed E-state index contributed by atoms with van der Waals surface area (Å²) < 4.78 is 29.1. The molecule has 4 N–H and O–H groups in total. The number of aliphatic hydroxyl groups is 1. The monoisotopic (exact) mass is 764 g/mol. The van der Waals surface area contributed by atoms with Crippen molar-refractivity contribution in [2.75, 3.05) is 27.4 Å². The number of allylic oxidation sites excluding steroid dienone is 1. The molecule has 1 aliphatic heterocycles. The highest BCUT2D eigenvalue weighted by Gasteiger charge is 2.32. The molecule has 0 bridgehead atoms. The molecule has 4 rings (SSSR count). The lowest BCUT2D eigenvalue weighted by Crippen LogP contribution is -2.45. The van der Waals surface area contributed by atoms with Gasteiger partial charge < -0.3 is 39.4 Å². The number of ether oxygens (including phenoxy) is 5. The van der Waals surface area contributed by atoms with Crippen molar-refractivity contribution in [2.45, 2.75) is 32.7 Å². The number of nitrogens with zero attached hydrogens (tertiary/aromatic N) is 1. The molecular weight excluding hydrogens is 731 g/mol. The standard InChI is InChI=1S/C32H34ClIN4O8/c1-5-44-25-13-20(29-28(31(40)43-4)18(2)36-32(41)37-29)9-10-24(25)45-17-27(39)38-35-15-21-12-23(34)14-26(42-3)30(21)46-16-19-7-6-8-22(33)11-19/h6-15,27,29,38-39H,5,16-17H2,1-4H3,(H2,36,37,41)/b35-15+/t27-,29+/m0/s1. The maximum absolute atomic E-state index is 12.5. The van der Waals surface area contributed by atoms with E-state index in [-0.39, 0.29) is 18.8 Å². The number of carbonyl (C=O) groups is 2. The van der Waals surface area contributed by atoms with Gasteiger partial charge in [-0.15, -0.1) is 0 Å². The maximum atomic E-state index is 12.5. The Kier molecular flexibility index (Phi) is 12.3. The number of hydrogen-bond acceptors (Lipinski definition) is 10. The molecule has 0 saturated heterocycles. The van der Waals surface area contributed by atoms with E-state index in [9.17, 15) is 14.7 Å². The first-order valence-corrected chi connectivity index (χ1v) is 15.6. The molecule has 0 spiro atoms. The predicted molar refractivity (Wildman–Crippen MR) is 180 cm³/mol. The van der Waals surface area contributed by atoms with Crippen LogP contribution in [0.25, 0.3) is 0 Å². The van der Waals surface area contributed by atoms with E-state index in [1.807, 2.05) is 37.3 Å². The van der Waals surface area contributed by atoms with Gasteiger partial charge in [0.2, 0.25) is 0 Å². The van der Waals surface area contributed by atoms with Crippen molar-refractivity contribution in [1.29, 1.82) is 0 Å². The largest absolute Gasteiger partial charge is 0.493 e. The molecule has 0 radical (unpaired) electrons. The lowest BCUT2D eigenvalue weighted by Gasteiger charge is -2.28. The molecule has 46 heavy (non-hydrogen) atoms. The number of halogens is 2. The number of esters is 1. The van der Waals surface area contributed by atoms with Crippen LogP contribution in [-0.2, 0) is 16.1 Å². The zero-order chi connectivity index (χ0) is 33.2. The number of nitrogens with one attached hydrogen (secondary N) is 3. The SMILES string of the molecule is CCOc1cc([C@H]2NC(=O)NC(C)=C2C(=O)OC)ccc1OC[C@H](O)N/N=C/c1cc(I)cc(OC)c1OCc1cccc(Cl)c1. The number of benzene rings is 3. The summed E-state index contributed by atoms with van der Waals surface area (Å²) in [7, 11) is 2.83. The number of hydrogen-bond donors (Lipinski definition) is 4. The summed E-state index contributed by atoms with van der Waals surface area (Å²) in [6.07, 6.45) is 0.328. The lowest BCUT2D eigenvalue weighted by atomic mass is 9.95. The molecule has 0 aliphatic carbocycles. The summed E-state index contributed by atoms with van der Waals surface area (Å²) in [5.41, 5.74) is 5.39. The number of hydrazone groups is 1. The van der Waals surface area contributed by atoms with Crippen molar-refractivity contribution >= 4 is 52.4 Å². The van der Waals surface area contributed by atoms with E-state index in [4.69, 9.17) is 35.3 Å². The highest BCUT2D eigenvalue weighted by atomic mass is 127. The van der Waals surface area contributed by atoms with Crippen LogP contribution in [-0.4, -0.2) is 57.0 Å². The van der Waals surface area contributed by atoms with Crippen molar-refractivity contribution in [3.63, 3.8) is 0 Å². The normalized spacial score (nSPS) is 15.1. The molecule has 2 atom stereocenters. The number of urea groups is 1. The first kappa shape index (κ1) is 34.7. The summed E-state index contributed by atoms with van der Waals surface area (Å²) in [4.78, 5) is 24.7. The topological polar surface area (TPSA) is 149 Å². The molecule has 2 amide bonds. The van der Waals surface area contributed by atoms with E-state index in [2.05, 4.69) is 43.8 Å². The van der Waals surface area contributed by atoms with Gasteiger partial charge in [0.05, 0.1) is 38.7 Å². The van der Waals surface area contributed by atoms with Crippen molar-refractivity contribution in [2.24, 2.45) is 5.10 Å². The van der Waals surface area contributed by atoms with Crippen molar-refractivity contribution in [3.05, 3.63) is 91.2 Å². The van der Waals surface area contributed by atoms with Crippen LogP contribution in [0.2, 0.25) is 5.02 Å². The van der Waals surface area contributed by atoms with Crippen LogP contribution in [0.3, 0.4) is 0 Å². The minimum atomic E-state index is -1.19. The van der Waals surface area contributed by atoms with Crippen LogP contribution in [0, 0.1) is 3.57 Å². The van der Waals surface area contributed by atoms with Crippen molar-refractivity contribution < 1.29 is 38.4 Å². The fourth-order valence-corrected chi connectivity index (χ4v) is 5.42. The number of methoxy groups -OCH3 is 2. The van der Waals surface area contributed by atoms with E-state index in [0.717, 1.165) is 9.13 Å². The van der Waals surface area contributed by atoms with Gasteiger partial charge in [0.25, 0.3) is 0 Å². The highest BCUT2D eigenvalue weighted by molar-refractivity contribution is 14.1. The fraction of sp³-hybridized carbons (Fsp3) is 0.281. The molecule has 14 heteroatoms. The quantitative estimate of drug-likeness (QED) is 0.0582. The van der Waals surface area contributed by atoms with Gasteiger partial charge in [-0.3, -0.25) is 5.43 Å². The zero-order valence-corrected chi connectivity index (χ0v) is 28.5. The molecule has 0 unspecified atom stereocenters. The van der Waals surface area contributed by atoms with E-state index in [0.29, 0.717) is 51.5 Å². The van der Waals surface area contributed by atoms with Gasteiger partial charge in [-0.25, -0.2) is 9.59 Å². The first-order valence-electron chi connectivity index (χ1n) is 14.1. The van der Waals surface area contributed by atoms with Crippen LogP contribution < -0.4 is 35.0 Å². The summed E-state index contributed by atoms with van der Waals surface area (Å²) in [6.45, 7) is 3.84. The molecule has 1 aliphatic rings. The van der Waals surface area contributed by atoms with Crippen molar-refractivity contribution in [1.82, 2.24) is 16.1 Å². The fourth-order valence-electron chi connectivity index (χ4n) is 4.59. The van der Waals surface area contributed by atoms with Crippen LogP contribution in [0.1, 0.15) is 36.6 Å². The van der Waals surface area contributed by atoms with Gasteiger partial charge in [0.15, 0.2) is 29.2 Å². The van der Waals surface area contributed by atoms with Gasteiger partial charge in [-0.05, 0) is 84.0 Å². The Morgan fingerprint density at radius 2 is 1.91 bits per heavy atom. The third kappa shape index (κ3) is 8.95. The minimum absolute atomic E-state index is 0.180. The predicted octanol–water partition coefficient (Wildman–Crippen LogP) is 5.05. The van der Waals surface area contributed by atoms with Crippen LogP contribution in [0.4, 0.5) is 4.79 Å². The third-order valence-corrected chi connectivity index (χ3v) is 7.50. The second-order valence-electron chi connectivity index (χ2n) is 9.86. The molecule has 0 aromatic heterocycles. The Morgan fingerprint density at radius 1 is 1.11 bits per heavy atom. The number of aliphatic hydroxyl groups excluding tert-OH is 1. The average Bonchev–Trinajstić information content (AvgIpc) is 3.02. The molecule has 244 valence electrons. The summed E-state index contributed by atoms with van der Waals surface area (Å²) in [5, 5.41) is 20.7. The molecule has 3 aromatic carbocycles.